The molecule has 8 nitrogen and oxygen atoms in total. The van der Waals surface area contributed by atoms with E-state index in [1.807, 2.05) is 32.0 Å². The average molecular weight is 489 g/mol. The molecule has 0 saturated heterocycles. The molecule has 4 rings (SSSR count). The molecule has 0 radical (unpaired) electrons. The zero-order chi connectivity index (χ0) is 24.9. The number of nitro benzene ring substituents is 1. The summed E-state index contributed by atoms with van der Waals surface area (Å²) in [5, 5.41) is 21.1. The first kappa shape index (κ1) is 23.8. The Labute approximate surface area is 206 Å². The number of aromatic amines is 1. The second-order valence-electron chi connectivity index (χ2n) is 7.75. The van der Waals surface area contributed by atoms with Gasteiger partial charge in [0.2, 0.25) is 0 Å². The molecule has 0 aliphatic rings. The standard InChI is InChI=1S/C26H21ClN4O4/c1-3-34-24-13-18(10-19(14-28)26-29-22-8-7-16(2)9-23(22)30-26)12-21(27)25(24)35-15-17-5-4-6-20(11-17)31(32)33/h4-13H,3,15H2,1-2H3,(H,29,30)/b19-10-. The van der Waals surface area contributed by atoms with E-state index < -0.39 is 4.92 Å². The van der Waals surface area contributed by atoms with Crippen molar-refractivity contribution in [3.8, 4) is 17.6 Å². The van der Waals surface area contributed by atoms with E-state index in [1.165, 1.54) is 12.1 Å². The fourth-order valence-electron chi connectivity index (χ4n) is 3.56. The Hall–Kier alpha value is -4.35. The van der Waals surface area contributed by atoms with Crippen molar-refractivity contribution in [2.75, 3.05) is 6.61 Å². The lowest BCUT2D eigenvalue weighted by atomic mass is 10.1. The van der Waals surface area contributed by atoms with Gasteiger partial charge in [0.25, 0.3) is 5.69 Å². The van der Waals surface area contributed by atoms with E-state index in [9.17, 15) is 15.4 Å². The van der Waals surface area contributed by atoms with Crippen LogP contribution in [0.5, 0.6) is 11.5 Å². The molecular weight excluding hydrogens is 468 g/mol. The molecule has 1 N–H and O–H groups in total. The molecule has 4 aromatic rings. The van der Waals surface area contributed by atoms with Crippen molar-refractivity contribution in [2.45, 2.75) is 20.5 Å². The van der Waals surface area contributed by atoms with E-state index in [1.54, 1.807) is 30.3 Å². The molecule has 0 amide bonds. The highest BCUT2D eigenvalue weighted by Gasteiger charge is 2.15. The molecule has 0 saturated carbocycles. The number of ether oxygens (including phenoxy) is 2. The smallest absolute Gasteiger partial charge is 0.269 e. The van der Waals surface area contributed by atoms with Gasteiger partial charge in [0, 0.05) is 12.1 Å². The molecule has 0 aliphatic heterocycles. The lowest BCUT2D eigenvalue weighted by Gasteiger charge is -2.14. The van der Waals surface area contributed by atoms with Gasteiger partial charge in [0.1, 0.15) is 18.5 Å². The second-order valence-corrected chi connectivity index (χ2v) is 8.16. The van der Waals surface area contributed by atoms with Gasteiger partial charge >= 0.3 is 0 Å². The second kappa shape index (κ2) is 10.3. The normalized spacial score (nSPS) is 11.3. The number of nitriles is 1. The number of halogens is 1. The third-order valence-electron chi connectivity index (χ3n) is 5.16. The summed E-state index contributed by atoms with van der Waals surface area (Å²) in [4.78, 5) is 18.3. The number of hydrogen-bond acceptors (Lipinski definition) is 6. The minimum Gasteiger partial charge on any atom is -0.490 e. The first-order valence-electron chi connectivity index (χ1n) is 10.8. The van der Waals surface area contributed by atoms with Crippen molar-refractivity contribution in [1.29, 1.82) is 5.26 Å². The van der Waals surface area contributed by atoms with Gasteiger partial charge in [-0.15, -0.1) is 0 Å². The van der Waals surface area contributed by atoms with Crippen LogP contribution in [0.3, 0.4) is 0 Å². The first-order chi connectivity index (χ1) is 16.9. The summed E-state index contributed by atoms with van der Waals surface area (Å²) in [5.74, 6) is 1.16. The maximum absolute atomic E-state index is 11.0. The quantitative estimate of drug-likeness (QED) is 0.172. The number of nitrogens with zero attached hydrogens (tertiary/aromatic N) is 3. The van der Waals surface area contributed by atoms with Crippen molar-refractivity contribution in [1.82, 2.24) is 9.97 Å². The number of rotatable bonds is 8. The highest BCUT2D eigenvalue weighted by Crippen LogP contribution is 2.38. The van der Waals surface area contributed by atoms with E-state index in [0.29, 0.717) is 40.6 Å². The lowest BCUT2D eigenvalue weighted by molar-refractivity contribution is -0.384. The summed E-state index contributed by atoms with van der Waals surface area (Å²) in [7, 11) is 0. The lowest BCUT2D eigenvalue weighted by Crippen LogP contribution is -2.01. The summed E-state index contributed by atoms with van der Waals surface area (Å²) in [6, 6.07) is 17.6. The monoisotopic (exact) mass is 488 g/mol. The van der Waals surface area contributed by atoms with E-state index in [-0.39, 0.29) is 17.3 Å². The third kappa shape index (κ3) is 5.42. The van der Waals surface area contributed by atoms with E-state index in [4.69, 9.17) is 21.1 Å². The van der Waals surface area contributed by atoms with Crippen molar-refractivity contribution in [3.05, 3.63) is 92.2 Å². The molecule has 0 atom stereocenters. The third-order valence-corrected chi connectivity index (χ3v) is 5.44. The van der Waals surface area contributed by atoms with Crippen LogP contribution in [0, 0.1) is 28.4 Å². The highest BCUT2D eigenvalue weighted by molar-refractivity contribution is 6.32. The van der Waals surface area contributed by atoms with Gasteiger partial charge in [0.15, 0.2) is 11.5 Å². The van der Waals surface area contributed by atoms with Crippen LogP contribution in [-0.2, 0) is 6.61 Å². The van der Waals surface area contributed by atoms with Crippen LogP contribution in [0.4, 0.5) is 5.69 Å². The van der Waals surface area contributed by atoms with Gasteiger partial charge in [-0.3, -0.25) is 10.1 Å². The van der Waals surface area contributed by atoms with Crippen LogP contribution in [-0.4, -0.2) is 21.5 Å². The van der Waals surface area contributed by atoms with Gasteiger partial charge < -0.3 is 14.5 Å². The minimum absolute atomic E-state index is 0.0208. The number of non-ortho nitro benzene ring substituents is 1. The summed E-state index contributed by atoms with van der Waals surface area (Å²) >= 11 is 6.52. The Balaban J connectivity index is 1.64. The van der Waals surface area contributed by atoms with Crippen LogP contribution in [0.25, 0.3) is 22.7 Å². The summed E-state index contributed by atoms with van der Waals surface area (Å²) in [6.45, 7) is 4.25. The maximum atomic E-state index is 11.0. The number of imidazole rings is 1. The first-order valence-corrected chi connectivity index (χ1v) is 11.2. The molecule has 35 heavy (non-hydrogen) atoms. The van der Waals surface area contributed by atoms with E-state index in [0.717, 1.165) is 16.6 Å². The molecule has 9 heteroatoms. The number of benzene rings is 3. The fourth-order valence-corrected chi connectivity index (χ4v) is 3.83. The van der Waals surface area contributed by atoms with Gasteiger partial charge in [-0.05, 0) is 60.9 Å². The predicted octanol–water partition coefficient (Wildman–Crippen LogP) is 6.47. The number of hydrogen-bond donors (Lipinski definition) is 1. The van der Waals surface area contributed by atoms with E-state index >= 15 is 0 Å². The Kier molecular flexibility index (Phi) is 6.99. The van der Waals surface area contributed by atoms with Gasteiger partial charge in [-0.1, -0.05) is 29.8 Å². The Morgan fingerprint density at radius 2 is 2.06 bits per heavy atom. The number of aromatic nitrogens is 2. The number of H-pyrrole nitrogens is 1. The largest absolute Gasteiger partial charge is 0.490 e. The van der Waals surface area contributed by atoms with Crippen LogP contribution in [0.15, 0.2) is 54.6 Å². The fraction of sp³-hybridized carbons (Fsp3) is 0.154. The summed E-state index contributed by atoms with van der Waals surface area (Å²) in [6.07, 6.45) is 1.67. The minimum atomic E-state index is -0.459. The SMILES string of the molecule is CCOc1cc(/C=C(/C#N)c2nc3ccc(C)cc3[nH]2)cc(Cl)c1OCc1cccc([N+](=O)[O-])c1. The molecule has 0 fully saturated rings. The van der Waals surface area contributed by atoms with E-state index in [2.05, 4.69) is 16.0 Å². The topological polar surface area (TPSA) is 114 Å². The zero-order valence-electron chi connectivity index (χ0n) is 19.0. The number of nitrogens with one attached hydrogen (secondary N) is 1. The molecule has 0 aliphatic carbocycles. The zero-order valence-corrected chi connectivity index (χ0v) is 19.8. The Morgan fingerprint density at radius 3 is 2.80 bits per heavy atom. The van der Waals surface area contributed by atoms with Crippen molar-refractivity contribution >= 4 is 40.0 Å². The molecular formula is C26H21ClN4O4. The molecule has 0 unspecified atom stereocenters. The van der Waals surface area contributed by atoms with Crippen LogP contribution >= 0.6 is 11.6 Å². The van der Waals surface area contributed by atoms with Gasteiger partial charge in [0.05, 0.1) is 33.2 Å². The molecule has 1 heterocycles. The summed E-state index contributed by atoms with van der Waals surface area (Å²) < 4.78 is 11.6. The number of fused-ring (bicyclic) bond motifs is 1. The number of allylic oxidation sites excluding steroid dienone is 1. The molecule has 0 spiro atoms. The van der Waals surface area contributed by atoms with Crippen molar-refractivity contribution < 1.29 is 14.4 Å². The van der Waals surface area contributed by atoms with Crippen LogP contribution < -0.4 is 9.47 Å². The molecule has 1 aromatic heterocycles. The van der Waals surface area contributed by atoms with Gasteiger partial charge in [-0.2, -0.15) is 5.26 Å². The molecule has 176 valence electrons. The predicted molar refractivity (Wildman–Crippen MR) is 134 cm³/mol. The van der Waals surface area contributed by atoms with Gasteiger partial charge in [-0.25, -0.2) is 4.98 Å². The van der Waals surface area contributed by atoms with Crippen LogP contribution in [0.1, 0.15) is 29.4 Å². The van der Waals surface area contributed by atoms with Crippen molar-refractivity contribution in [3.63, 3.8) is 0 Å². The van der Waals surface area contributed by atoms with Crippen molar-refractivity contribution in [2.24, 2.45) is 0 Å². The maximum Gasteiger partial charge on any atom is 0.269 e. The molecule has 3 aromatic carbocycles. The van der Waals surface area contributed by atoms with Crippen LogP contribution in [0.2, 0.25) is 5.02 Å². The highest BCUT2D eigenvalue weighted by atomic mass is 35.5. The Morgan fingerprint density at radius 1 is 1.23 bits per heavy atom. The molecule has 0 bridgehead atoms. The average Bonchev–Trinajstić information content (AvgIpc) is 3.25. The summed E-state index contributed by atoms with van der Waals surface area (Å²) in [5.41, 5.74) is 4.27. The number of aryl methyl sites for hydroxylation is 1. The Bertz CT molecular complexity index is 1490. The number of nitro groups is 1.